The van der Waals surface area contributed by atoms with Crippen molar-refractivity contribution in [2.75, 3.05) is 6.16 Å². The van der Waals surface area contributed by atoms with Crippen LogP contribution >= 0.6 is 16.2 Å². The second-order valence-electron chi connectivity index (χ2n) is 10.2. The van der Waals surface area contributed by atoms with Crippen molar-refractivity contribution in [1.82, 2.24) is 0 Å². The first-order valence-corrected chi connectivity index (χ1v) is 16.8. The van der Waals surface area contributed by atoms with Gasteiger partial charge in [-0.25, -0.2) is 0 Å². The summed E-state index contributed by atoms with van der Waals surface area (Å²) in [5.41, 5.74) is 2.68. The fourth-order valence-electron chi connectivity index (χ4n) is 5.50. The van der Waals surface area contributed by atoms with Gasteiger partial charge in [0.05, 0.1) is 6.10 Å². The van der Waals surface area contributed by atoms with E-state index < -0.39 is 16.2 Å². The third kappa shape index (κ3) is 5.65. The standard InChI is InChI=1S/C37H30O3P2/c1-3-15-29(16-4-1)34(38-42-39-35-23-11-9-21-32(35)33-22-10-12-24-36(33)40-42)26-27-41(30-18-5-2-6-19-30)37-25-13-17-28-14-7-8-20-31(28)37/h1-25,34H,26-27H2/t34-,41?/m1/s1. The number of para-hydroxylation sites is 2. The predicted octanol–water partition coefficient (Wildman–Crippen LogP) is 10.1. The summed E-state index contributed by atoms with van der Waals surface area (Å²) in [5.74, 6) is 0. The topological polar surface area (TPSA) is 35.5 Å². The van der Waals surface area contributed by atoms with Crippen LogP contribution in [-0.2, 0) is 0 Å². The second-order valence-corrected chi connectivity index (χ2v) is 13.5. The fraction of sp³-hybridized carbons (Fsp3) is 0.0811. The lowest BCUT2D eigenvalue weighted by molar-refractivity contribution is 0.258. The molecule has 7 aromatic rings. The van der Waals surface area contributed by atoms with Gasteiger partial charge in [0.15, 0.2) is 0 Å². The molecule has 42 heavy (non-hydrogen) atoms. The number of benzene rings is 6. The Morgan fingerprint density at radius 1 is 0.548 bits per heavy atom. The molecule has 0 amide bonds. The van der Waals surface area contributed by atoms with Gasteiger partial charge in [-0.3, -0.25) is 4.52 Å². The van der Waals surface area contributed by atoms with Gasteiger partial charge in [0.2, 0.25) is 0 Å². The van der Waals surface area contributed by atoms with Crippen molar-refractivity contribution >= 4 is 59.5 Å². The summed E-state index contributed by atoms with van der Waals surface area (Å²) in [6.07, 6.45) is 1.59. The Labute approximate surface area is 247 Å². The number of fused-ring (bicyclic) bond motifs is 4. The molecule has 0 saturated carbocycles. The molecule has 7 rings (SSSR count). The van der Waals surface area contributed by atoms with Crippen molar-refractivity contribution in [2.45, 2.75) is 12.5 Å². The molecule has 0 N–H and O–H groups in total. The summed E-state index contributed by atoms with van der Waals surface area (Å²) in [6.45, 7) is 0. The van der Waals surface area contributed by atoms with Crippen LogP contribution in [0, 0.1) is 0 Å². The van der Waals surface area contributed by atoms with Gasteiger partial charge in [0, 0.05) is 10.8 Å². The first-order chi connectivity index (χ1) is 20.8. The predicted molar refractivity (Wildman–Crippen MR) is 178 cm³/mol. The highest BCUT2D eigenvalue weighted by Gasteiger charge is 2.22. The molecule has 206 valence electrons. The lowest BCUT2D eigenvalue weighted by atomic mass is 10.1. The summed E-state index contributed by atoms with van der Waals surface area (Å²) in [6, 6.07) is 52.9. The Bertz CT molecular complexity index is 1920. The maximum Gasteiger partial charge on any atom is 0.388 e. The molecule has 5 heteroatoms. The average molecular weight is 585 g/mol. The Morgan fingerprint density at radius 3 is 1.79 bits per heavy atom. The Balaban J connectivity index is 1.29. The highest BCUT2D eigenvalue weighted by molar-refractivity contribution is 7.73. The van der Waals surface area contributed by atoms with Crippen LogP contribution in [0.1, 0.15) is 18.1 Å². The highest BCUT2D eigenvalue weighted by Crippen LogP contribution is 2.42. The third-order valence-electron chi connectivity index (χ3n) is 7.53. The highest BCUT2D eigenvalue weighted by atomic mass is 31.1. The van der Waals surface area contributed by atoms with E-state index in [1.165, 1.54) is 21.4 Å². The quantitative estimate of drug-likeness (QED) is 0.167. The Hall–Kier alpha value is -4.13. The maximum absolute atomic E-state index is 6.81. The zero-order chi connectivity index (χ0) is 28.1. The van der Waals surface area contributed by atoms with Crippen LogP contribution in [0.15, 0.2) is 160 Å². The SMILES string of the molecule is c1ccc([C@@H](CCP(c2ccccc2)c2cccc3ccccc23)Op2oc3ccccc3c3ccccc3o2)cc1. The van der Waals surface area contributed by atoms with Gasteiger partial charge in [-0.1, -0.05) is 140 Å². The van der Waals surface area contributed by atoms with Crippen molar-refractivity contribution < 1.29 is 12.9 Å². The van der Waals surface area contributed by atoms with Crippen LogP contribution in [0.4, 0.5) is 0 Å². The van der Waals surface area contributed by atoms with Crippen LogP contribution in [-0.4, -0.2) is 6.16 Å². The largest absolute Gasteiger partial charge is 0.399 e. The van der Waals surface area contributed by atoms with Crippen LogP contribution < -0.4 is 15.1 Å². The van der Waals surface area contributed by atoms with Gasteiger partial charge in [0.25, 0.3) is 0 Å². The van der Waals surface area contributed by atoms with Crippen molar-refractivity contribution in [3.8, 4) is 0 Å². The third-order valence-corrected chi connectivity index (χ3v) is 11.3. The van der Waals surface area contributed by atoms with E-state index in [4.69, 9.17) is 12.9 Å². The van der Waals surface area contributed by atoms with E-state index in [0.29, 0.717) is 0 Å². The fourth-order valence-corrected chi connectivity index (χ4v) is 9.26. The van der Waals surface area contributed by atoms with Gasteiger partial charge in [-0.2, -0.15) is 0 Å². The summed E-state index contributed by atoms with van der Waals surface area (Å²) in [5, 5.41) is 7.39. The van der Waals surface area contributed by atoms with Gasteiger partial charge < -0.3 is 8.39 Å². The minimum Gasteiger partial charge on any atom is -0.399 e. The molecule has 0 aliphatic rings. The number of hydrogen-bond acceptors (Lipinski definition) is 3. The summed E-state index contributed by atoms with van der Waals surface area (Å²) in [7, 11) is -2.34. The lowest BCUT2D eigenvalue weighted by Gasteiger charge is -2.23. The molecular weight excluding hydrogens is 554 g/mol. The summed E-state index contributed by atoms with van der Waals surface area (Å²) < 4.78 is 19.7. The summed E-state index contributed by atoms with van der Waals surface area (Å²) in [4.78, 5) is 0. The molecule has 1 aromatic heterocycles. The normalized spacial score (nSPS) is 12.9. The molecule has 0 saturated heterocycles. The van der Waals surface area contributed by atoms with Gasteiger partial charge >= 0.3 is 8.24 Å². The molecule has 1 unspecified atom stereocenters. The van der Waals surface area contributed by atoms with Gasteiger partial charge in [-0.05, 0) is 59.6 Å². The first-order valence-electron chi connectivity index (χ1n) is 14.2. The zero-order valence-electron chi connectivity index (χ0n) is 23.0. The van der Waals surface area contributed by atoms with Gasteiger partial charge in [0.1, 0.15) is 11.2 Å². The molecule has 6 aromatic carbocycles. The smallest absolute Gasteiger partial charge is 0.388 e. The molecule has 0 radical (unpaired) electrons. The van der Waals surface area contributed by atoms with Crippen LogP contribution in [0.2, 0.25) is 0 Å². The van der Waals surface area contributed by atoms with Crippen molar-refractivity contribution in [2.24, 2.45) is 0 Å². The molecule has 1 heterocycles. The molecule has 0 bridgehead atoms. The van der Waals surface area contributed by atoms with Crippen LogP contribution in [0.3, 0.4) is 0 Å². The number of hydrogen-bond donors (Lipinski definition) is 0. The molecule has 0 spiro atoms. The van der Waals surface area contributed by atoms with E-state index in [1.807, 2.05) is 42.5 Å². The van der Waals surface area contributed by atoms with Crippen LogP contribution in [0.5, 0.6) is 0 Å². The van der Waals surface area contributed by atoms with E-state index in [0.717, 1.165) is 40.1 Å². The molecule has 2 atom stereocenters. The Kier molecular flexibility index (Phi) is 7.89. The van der Waals surface area contributed by atoms with Crippen molar-refractivity contribution in [3.05, 3.63) is 157 Å². The van der Waals surface area contributed by atoms with E-state index in [1.54, 1.807) is 0 Å². The average Bonchev–Trinajstić information content (AvgIpc) is 3.21. The van der Waals surface area contributed by atoms with Crippen molar-refractivity contribution in [3.63, 3.8) is 0 Å². The molecular formula is C37H30O3P2. The van der Waals surface area contributed by atoms with E-state index in [9.17, 15) is 0 Å². The second kappa shape index (κ2) is 12.4. The minimum absolute atomic E-state index is 0.196. The first kappa shape index (κ1) is 26.7. The van der Waals surface area contributed by atoms with E-state index in [-0.39, 0.29) is 6.10 Å². The van der Waals surface area contributed by atoms with Gasteiger partial charge in [-0.15, -0.1) is 0 Å². The van der Waals surface area contributed by atoms with E-state index in [2.05, 4.69) is 109 Å². The molecule has 3 nitrogen and oxygen atoms in total. The minimum atomic E-state index is -1.69. The maximum atomic E-state index is 6.81. The Morgan fingerprint density at radius 2 is 1.10 bits per heavy atom. The monoisotopic (exact) mass is 584 g/mol. The van der Waals surface area contributed by atoms with Crippen LogP contribution in [0.25, 0.3) is 32.7 Å². The zero-order valence-corrected chi connectivity index (χ0v) is 24.8. The number of rotatable bonds is 8. The molecule has 0 fully saturated rings. The van der Waals surface area contributed by atoms with E-state index >= 15 is 0 Å². The van der Waals surface area contributed by atoms with Crippen molar-refractivity contribution in [1.29, 1.82) is 0 Å². The lowest BCUT2D eigenvalue weighted by Crippen LogP contribution is -2.17. The molecule has 0 aliphatic carbocycles. The summed E-state index contributed by atoms with van der Waals surface area (Å²) >= 11 is 0. The molecule has 0 aliphatic heterocycles.